The fourth-order valence-electron chi connectivity index (χ4n) is 3.18. The minimum Gasteiger partial charge on any atom is -0.435 e. The van der Waals surface area contributed by atoms with Crippen molar-refractivity contribution in [1.82, 2.24) is 0 Å². The maximum atomic E-state index is 11.7. The van der Waals surface area contributed by atoms with Crippen LogP contribution in [0.25, 0.3) is 0 Å². The third-order valence-electron chi connectivity index (χ3n) is 4.80. The molecule has 0 unspecified atom stereocenters. The molecule has 0 radical (unpaired) electrons. The van der Waals surface area contributed by atoms with Crippen molar-refractivity contribution < 1.29 is 19.1 Å². The first-order valence-corrected chi connectivity index (χ1v) is 11.3. The van der Waals surface area contributed by atoms with Gasteiger partial charge in [0.15, 0.2) is 0 Å². The smallest absolute Gasteiger partial charge is 0.318 e. The van der Waals surface area contributed by atoms with Gasteiger partial charge >= 0.3 is 11.9 Å². The molecule has 0 amide bonds. The molecule has 0 atom stereocenters. The van der Waals surface area contributed by atoms with Gasteiger partial charge in [-0.15, -0.1) is 0 Å². The van der Waals surface area contributed by atoms with E-state index in [1.807, 2.05) is 0 Å². The third kappa shape index (κ3) is 19.2. The Labute approximate surface area is 172 Å². The second-order valence-corrected chi connectivity index (χ2v) is 7.55. The van der Waals surface area contributed by atoms with Gasteiger partial charge in [-0.05, 0) is 6.42 Å². The number of rotatable bonds is 20. The summed E-state index contributed by atoms with van der Waals surface area (Å²) in [6.07, 6.45) is 20.7. The summed E-state index contributed by atoms with van der Waals surface area (Å²) in [5, 5.41) is 0. The fourth-order valence-corrected chi connectivity index (χ4v) is 3.18. The first-order chi connectivity index (χ1) is 13.6. The van der Waals surface area contributed by atoms with Gasteiger partial charge in [-0.3, -0.25) is 9.59 Å². The molecule has 0 aromatic carbocycles. The minimum atomic E-state index is -0.528. The highest BCUT2D eigenvalue weighted by molar-refractivity contribution is 5.75. The highest BCUT2D eigenvalue weighted by atomic mass is 16.5. The van der Waals surface area contributed by atoms with Gasteiger partial charge < -0.3 is 9.47 Å². The second-order valence-electron chi connectivity index (χ2n) is 7.55. The van der Waals surface area contributed by atoms with Crippen LogP contribution >= 0.6 is 0 Å². The van der Waals surface area contributed by atoms with E-state index in [4.69, 9.17) is 4.74 Å². The van der Waals surface area contributed by atoms with Crippen LogP contribution < -0.4 is 0 Å². The van der Waals surface area contributed by atoms with Crippen LogP contribution in [0.15, 0.2) is 25.2 Å². The van der Waals surface area contributed by atoms with Crippen LogP contribution in [0.3, 0.4) is 0 Å². The number of esters is 2. The number of ether oxygens (including phenoxy) is 2. The highest BCUT2D eigenvalue weighted by Crippen LogP contribution is 2.14. The van der Waals surface area contributed by atoms with E-state index in [-0.39, 0.29) is 18.1 Å². The lowest BCUT2D eigenvalue weighted by Gasteiger charge is -2.06. The first kappa shape index (κ1) is 26.4. The van der Waals surface area contributed by atoms with Gasteiger partial charge in [0.25, 0.3) is 0 Å². The van der Waals surface area contributed by atoms with Crippen LogP contribution in [0, 0.1) is 0 Å². The van der Waals surface area contributed by atoms with Gasteiger partial charge in [0.1, 0.15) is 12.2 Å². The highest BCUT2D eigenvalue weighted by Gasteiger charge is 2.10. The van der Waals surface area contributed by atoms with Gasteiger partial charge in [0.2, 0.25) is 0 Å². The predicted octanol–water partition coefficient (Wildman–Crippen LogP) is 7.38. The van der Waals surface area contributed by atoms with E-state index in [2.05, 4.69) is 24.8 Å². The molecule has 0 aliphatic heterocycles. The summed E-state index contributed by atoms with van der Waals surface area (Å²) in [5.74, 6) is -0.733. The van der Waals surface area contributed by atoms with Crippen LogP contribution in [0.5, 0.6) is 0 Å². The lowest BCUT2D eigenvalue weighted by molar-refractivity contribution is -0.142. The maximum Gasteiger partial charge on any atom is 0.318 e. The quantitative estimate of drug-likeness (QED) is 0.123. The predicted molar refractivity (Wildman–Crippen MR) is 116 cm³/mol. The van der Waals surface area contributed by atoms with E-state index in [0.717, 1.165) is 25.5 Å². The topological polar surface area (TPSA) is 52.6 Å². The fraction of sp³-hybridized carbons (Fsp3) is 0.750. The molecule has 0 heterocycles. The number of unbranched alkanes of at least 4 members (excludes halogenated alkanes) is 14. The average Bonchev–Trinajstić information content (AvgIpc) is 2.64. The molecular weight excluding hydrogens is 352 g/mol. The minimum absolute atomic E-state index is 0.123. The molecule has 0 spiro atoms. The van der Waals surface area contributed by atoms with Crippen molar-refractivity contribution in [3.8, 4) is 0 Å². The number of hydrogen-bond acceptors (Lipinski definition) is 4. The second kappa shape index (κ2) is 20.2. The molecule has 0 fully saturated rings. The van der Waals surface area contributed by atoms with Crippen LogP contribution in [-0.2, 0) is 19.1 Å². The molecule has 0 saturated carbocycles. The Hall–Kier alpha value is -1.58. The Morgan fingerprint density at radius 1 is 0.714 bits per heavy atom. The zero-order valence-electron chi connectivity index (χ0n) is 18.1. The van der Waals surface area contributed by atoms with Crippen molar-refractivity contribution in [2.75, 3.05) is 0 Å². The average molecular weight is 395 g/mol. The van der Waals surface area contributed by atoms with Crippen molar-refractivity contribution in [3.05, 3.63) is 25.2 Å². The van der Waals surface area contributed by atoms with Crippen molar-refractivity contribution in [3.63, 3.8) is 0 Å². The summed E-state index contributed by atoms with van der Waals surface area (Å²) in [6, 6.07) is 0. The molecule has 0 rings (SSSR count). The molecule has 0 saturated heterocycles. The molecule has 4 nitrogen and oxygen atoms in total. The molecule has 0 aromatic heterocycles. The zero-order chi connectivity index (χ0) is 20.9. The molecule has 0 aliphatic rings. The third-order valence-corrected chi connectivity index (χ3v) is 4.80. The molecule has 4 heteroatoms. The number of carbonyl (C=O) groups is 2. The van der Waals surface area contributed by atoms with Crippen LogP contribution in [0.2, 0.25) is 0 Å². The molecule has 0 bridgehead atoms. The van der Waals surface area contributed by atoms with Crippen molar-refractivity contribution in [2.45, 2.75) is 116 Å². The molecule has 0 aliphatic carbocycles. The lowest BCUT2D eigenvalue weighted by atomic mass is 10.0. The number of carbonyl (C=O) groups excluding carboxylic acids is 2. The molecule has 0 aromatic rings. The summed E-state index contributed by atoms with van der Waals surface area (Å²) in [6.45, 7) is 9.12. The van der Waals surface area contributed by atoms with Gasteiger partial charge in [0, 0.05) is 6.42 Å². The van der Waals surface area contributed by atoms with Crippen molar-refractivity contribution in [2.24, 2.45) is 0 Å². The summed E-state index contributed by atoms with van der Waals surface area (Å²) >= 11 is 0. The van der Waals surface area contributed by atoms with E-state index in [9.17, 15) is 9.59 Å². The van der Waals surface area contributed by atoms with Gasteiger partial charge in [-0.2, -0.15) is 0 Å². The maximum absolute atomic E-state index is 11.7. The van der Waals surface area contributed by atoms with Crippen LogP contribution in [0.1, 0.15) is 116 Å². The Morgan fingerprint density at radius 2 is 1.14 bits per heavy atom. The SMILES string of the molecule is C=COC(=O)CC(=C)OC(=O)CCCCCCCCCCCCCCCCC. The van der Waals surface area contributed by atoms with Gasteiger partial charge in [-0.25, -0.2) is 0 Å². The Kier molecular flexibility index (Phi) is 19.0. The summed E-state index contributed by atoms with van der Waals surface area (Å²) in [4.78, 5) is 22.9. The van der Waals surface area contributed by atoms with Crippen molar-refractivity contribution >= 4 is 11.9 Å². The first-order valence-electron chi connectivity index (χ1n) is 11.3. The molecule has 28 heavy (non-hydrogen) atoms. The van der Waals surface area contributed by atoms with E-state index in [0.29, 0.717) is 6.42 Å². The van der Waals surface area contributed by atoms with E-state index < -0.39 is 5.97 Å². The lowest BCUT2D eigenvalue weighted by Crippen LogP contribution is -2.08. The largest absolute Gasteiger partial charge is 0.435 e. The standard InChI is InChI=1S/C24H42O4/c1-4-6-7-8-9-10-11-12-13-14-15-16-17-18-19-20-23(25)28-22(3)21-24(26)27-5-2/h5H,2-4,6-21H2,1H3. The monoisotopic (exact) mass is 394 g/mol. The summed E-state index contributed by atoms with van der Waals surface area (Å²) < 4.78 is 9.58. The molecule has 162 valence electrons. The van der Waals surface area contributed by atoms with Crippen LogP contribution in [0.4, 0.5) is 0 Å². The Balaban J connectivity index is 3.32. The molecular formula is C24H42O4. The normalized spacial score (nSPS) is 10.5. The van der Waals surface area contributed by atoms with Crippen molar-refractivity contribution in [1.29, 1.82) is 0 Å². The number of hydrogen-bond donors (Lipinski definition) is 0. The van der Waals surface area contributed by atoms with E-state index in [1.165, 1.54) is 77.0 Å². The summed E-state index contributed by atoms with van der Waals surface area (Å²) in [7, 11) is 0. The van der Waals surface area contributed by atoms with Gasteiger partial charge in [0.05, 0.1) is 6.26 Å². The Morgan fingerprint density at radius 3 is 1.57 bits per heavy atom. The zero-order valence-corrected chi connectivity index (χ0v) is 18.1. The van der Waals surface area contributed by atoms with E-state index >= 15 is 0 Å². The Bertz CT molecular complexity index is 428. The molecule has 0 N–H and O–H groups in total. The van der Waals surface area contributed by atoms with Gasteiger partial charge in [-0.1, -0.05) is 110 Å². The summed E-state index contributed by atoms with van der Waals surface area (Å²) in [5.41, 5.74) is 0. The van der Waals surface area contributed by atoms with E-state index in [1.54, 1.807) is 0 Å². The van der Waals surface area contributed by atoms with Crippen LogP contribution in [-0.4, -0.2) is 11.9 Å².